The Hall–Kier alpha value is -1.84. The van der Waals surface area contributed by atoms with E-state index in [0.717, 1.165) is 29.1 Å². The van der Waals surface area contributed by atoms with Gasteiger partial charge in [-0.05, 0) is 29.2 Å². The van der Waals surface area contributed by atoms with E-state index in [9.17, 15) is 4.79 Å². The molecule has 1 atom stereocenters. The van der Waals surface area contributed by atoms with Gasteiger partial charge in [0.15, 0.2) is 0 Å². The Labute approximate surface area is 129 Å². The summed E-state index contributed by atoms with van der Waals surface area (Å²) in [5, 5.41) is 0.722. The standard InChI is InChI=1S/C17H17ClN2O/c18-15-8-4-2-6-13(15)11-20-10-9-12-5-1-3-7-14(12)16(20)17(19)21/h1-8,16H,9-11H2,(H2,19,21). The van der Waals surface area contributed by atoms with Crippen LogP contribution >= 0.6 is 11.6 Å². The number of hydrogen-bond donors (Lipinski definition) is 1. The number of rotatable bonds is 3. The number of hydrogen-bond acceptors (Lipinski definition) is 2. The van der Waals surface area contributed by atoms with Gasteiger partial charge in [0.25, 0.3) is 0 Å². The summed E-state index contributed by atoms with van der Waals surface area (Å²) < 4.78 is 0. The van der Waals surface area contributed by atoms with Crippen LogP contribution in [-0.4, -0.2) is 17.4 Å². The molecule has 108 valence electrons. The molecule has 0 fully saturated rings. The molecule has 0 aliphatic carbocycles. The molecule has 2 N–H and O–H groups in total. The number of primary amides is 1. The summed E-state index contributed by atoms with van der Waals surface area (Å²) >= 11 is 6.23. The predicted molar refractivity (Wildman–Crippen MR) is 83.9 cm³/mol. The number of benzene rings is 2. The number of amides is 1. The zero-order valence-corrected chi connectivity index (χ0v) is 12.4. The van der Waals surface area contributed by atoms with Gasteiger partial charge in [0.1, 0.15) is 6.04 Å². The third-order valence-corrected chi connectivity index (χ3v) is 4.35. The van der Waals surface area contributed by atoms with Gasteiger partial charge in [-0.2, -0.15) is 0 Å². The van der Waals surface area contributed by atoms with E-state index in [-0.39, 0.29) is 11.9 Å². The predicted octanol–water partition coefficient (Wildman–Crippen LogP) is 2.92. The first-order valence-electron chi connectivity index (χ1n) is 7.01. The van der Waals surface area contributed by atoms with Gasteiger partial charge >= 0.3 is 0 Å². The largest absolute Gasteiger partial charge is 0.368 e. The zero-order valence-electron chi connectivity index (χ0n) is 11.6. The Morgan fingerprint density at radius 1 is 1.19 bits per heavy atom. The summed E-state index contributed by atoms with van der Waals surface area (Å²) in [5.41, 5.74) is 8.89. The highest BCUT2D eigenvalue weighted by Crippen LogP contribution is 2.31. The van der Waals surface area contributed by atoms with E-state index in [2.05, 4.69) is 11.0 Å². The summed E-state index contributed by atoms with van der Waals surface area (Å²) in [6.45, 7) is 1.43. The second-order valence-electron chi connectivity index (χ2n) is 5.32. The lowest BCUT2D eigenvalue weighted by Gasteiger charge is -2.35. The summed E-state index contributed by atoms with van der Waals surface area (Å²) in [6, 6.07) is 15.3. The van der Waals surface area contributed by atoms with Crippen molar-refractivity contribution in [3.63, 3.8) is 0 Å². The Balaban J connectivity index is 1.93. The van der Waals surface area contributed by atoms with E-state index >= 15 is 0 Å². The molecule has 1 aliphatic heterocycles. The molecule has 1 heterocycles. The van der Waals surface area contributed by atoms with Gasteiger partial charge in [0, 0.05) is 18.1 Å². The number of fused-ring (bicyclic) bond motifs is 1. The molecule has 3 nitrogen and oxygen atoms in total. The molecule has 2 aromatic rings. The Kier molecular flexibility index (Phi) is 3.95. The second kappa shape index (κ2) is 5.88. The van der Waals surface area contributed by atoms with E-state index in [0.29, 0.717) is 6.54 Å². The van der Waals surface area contributed by atoms with Crippen LogP contribution in [0, 0.1) is 0 Å². The molecule has 1 aliphatic rings. The van der Waals surface area contributed by atoms with E-state index < -0.39 is 0 Å². The minimum absolute atomic E-state index is 0.311. The van der Waals surface area contributed by atoms with E-state index in [1.807, 2.05) is 42.5 Å². The minimum atomic E-state index is -0.383. The third kappa shape index (κ3) is 2.80. The quantitative estimate of drug-likeness (QED) is 0.947. The van der Waals surface area contributed by atoms with Crippen LogP contribution < -0.4 is 5.73 Å². The lowest BCUT2D eigenvalue weighted by atomic mass is 9.92. The van der Waals surface area contributed by atoms with Gasteiger partial charge in [-0.25, -0.2) is 0 Å². The van der Waals surface area contributed by atoms with Crippen molar-refractivity contribution in [3.8, 4) is 0 Å². The topological polar surface area (TPSA) is 46.3 Å². The zero-order chi connectivity index (χ0) is 14.8. The molecule has 0 spiro atoms. The number of nitrogens with two attached hydrogens (primary N) is 1. The molecule has 0 radical (unpaired) electrons. The fourth-order valence-corrected chi connectivity index (χ4v) is 3.16. The molecule has 3 rings (SSSR count). The fourth-order valence-electron chi connectivity index (χ4n) is 2.97. The number of carbonyl (C=O) groups is 1. The molecule has 0 saturated heterocycles. The van der Waals surface area contributed by atoms with Crippen molar-refractivity contribution in [2.75, 3.05) is 6.54 Å². The monoisotopic (exact) mass is 300 g/mol. The van der Waals surface area contributed by atoms with Crippen LogP contribution in [0.25, 0.3) is 0 Å². The van der Waals surface area contributed by atoms with Crippen molar-refractivity contribution in [1.29, 1.82) is 0 Å². The van der Waals surface area contributed by atoms with Crippen LogP contribution in [0.5, 0.6) is 0 Å². The molecule has 21 heavy (non-hydrogen) atoms. The normalized spacial score (nSPS) is 18.2. The first kappa shape index (κ1) is 14.1. The molecule has 1 unspecified atom stereocenters. The molecule has 1 amide bonds. The van der Waals surface area contributed by atoms with Crippen LogP contribution in [0.15, 0.2) is 48.5 Å². The van der Waals surface area contributed by atoms with Crippen molar-refractivity contribution in [3.05, 3.63) is 70.2 Å². The van der Waals surface area contributed by atoms with Gasteiger partial charge < -0.3 is 5.73 Å². The number of halogens is 1. The number of carbonyl (C=O) groups excluding carboxylic acids is 1. The highest BCUT2D eigenvalue weighted by molar-refractivity contribution is 6.31. The molecular formula is C17H17ClN2O. The van der Waals surface area contributed by atoms with E-state index in [1.54, 1.807) is 0 Å². The van der Waals surface area contributed by atoms with Crippen LogP contribution in [0.1, 0.15) is 22.7 Å². The first-order valence-corrected chi connectivity index (χ1v) is 7.39. The van der Waals surface area contributed by atoms with Gasteiger partial charge in [-0.15, -0.1) is 0 Å². The SMILES string of the molecule is NC(=O)C1c2ccccc2CCN1Cc1ccccc1Cl. The summed E-state index contributed by atoms with van der Waals surface area (Å²) in [7, 11) is 0. The Morgan fingerprint density at radius 3 is 2.67 bits per heavy atom. The van der Waals surface area contributed by atoms with Gasteiger partial charge in [-0.1, -0.05) is 54.1 Å². The smallest absolute Gasteiger partial charge is 0.239 e. The lowest BCUT2D eigenvalue weighted by molar-refractivity contribution is -0.124. The highest BCUT2D eigenvalue weighted by Gasteiger charge is 2.31. The van der Waals surface area contributed by atoms with Crippen molar-refractivity contribution in [1.82, 2.24) is 4.90 Å². The van der Waals surface area contributed by atoms with Crippen molar-refractivity contribution in [2.45, 2.75) is 19.0 Å². The van der Waals surface area contributed by atoms with Crippen molar-refractivity contribution in [2.24, 2.45) is 5.73 Å². The lowest BCUT2D eigenvalue weighted by Crippen LogP contribution is -2.42. The average molecular weight is 301 g/mol. The molecule has 0 saturated carbocycles. The molecule has 0 aromatic heterocycles. The van der Waals surface area contributed by atoms with Gasteiger partial charge in [-0.3, -0.25) is 9.69 Å². The maximum atomic E-state index is 12.0. The molecule has 0 bridgehead atoms. The van der Waals surface area contributed by atoms with Crippen LogP contribution in [-0.2, 0) is 17.8 Å². The Morgan fingerprint density at radius 2 is 1.90 bits per heavy atom. The Bertz CT molecular complexity index is 671. The van der Waals surface area contributed by atoms with E-state index in [4.69, 9.17) is 17.3 Å². The van der Waals surface area contributed by atoms with Gasteiger partial charge in [0.05, 0.1) is 0 Å². The minimum Gasteiger partial charge on any atom is -0.368 e. The summed E-state index contributed by atoms with van der Waals surface area (Å²) in [4.78, 5) is 14.1. The third-order valence-electron chi connectivity index (χ3n) is 3.98. The highest BCUT2D eigenvalue weighted by atomic mass is 35.5. The molecule has 2 aromatic carbocycles. The summed E-state index contributed by atoms with van der Waals surface area (Å²) in [6.07, 6.45) is 0.921. The molecular weight excluding hydrogens is 284 g/mol. The van der Waals surface area contributed by atoms with E-state index in [1.165, 1.54) is 5.56 Å². The fraction of sp³-hybridized carbons (Fsp3) is 0.235. The van der Waals surface area contributed by atoms with Crippen LogP contribution in [0.2, 0.25) is 5.02 Å². The maximum absolute atomic E-state index is 12.0. The molecule has 4 heteroatoms. The summed E-state index contributed by atoms with van der Waals surface area (Å²) in [5.74, 6) is -0.311. The maximum Gasteiger partial charge on any atom is 0.239 e. The first-order chi connectivity index (χ1) is 10.2. The van der Waals surface area contributed by atoms with Crippen molar-refractivity contribution < 1.29 is 4.79 Å². The van der Waals surface area contributed by atoms with Crippen molar-refractivity contribution >= 4 is 17.5 Å². The second-order valence-corrected chi connectivity index (χ2v) is 5.72. The van der Waals surface area contributed by atoms with Crippen LogP contribution in [0.4, 0.5) is 0 Å². The number of nitrogens with zero attached hydrogens (tertiary/aromatic N) is 1. The average Bonchev–Trinajstić information content (AvgIpc) is 2.49. The van der Waals surface area contributed by atoms with Gasteiger partial charge in [0.2, 0.25) is 5.91 Å². The van der Waals surface area contributed by atoms with Crippen LogP contribution in [0.3, 0.4) is 0 Å².